The van der Waals surface area contributed by atoms with Gasteiger partial charge in [0.25, 0.3) is 5.56 Å². The van der Waals surface area contributed by atoms with Gasteiger partial charge in [-0.25, -0.2) is 4.79 Å². The molecule has 2 aromatic heterocycles. The third kappa shape index (κ3) is 4.56. The Labute approximate surface area is 189 Å². The SMILES string of the molecule is COc1cn(C(C[C@@H]2CCCCO2)C(=O)O)c(=O)cc1-c1cc(Cl)ccc1-c1ccon1. The molecule has 1 aromatic carbocycles. The summed E-state index contributed by atoms with van der Waals surface area (Å²) in [7, 11) is 1.47. The number of methoxy groups -OCH3 is 1. The lowest BCUT2D eigenvalue weighted by molar-refractivity contribution is -0.142. The fourth-order valence-electron chi connectivity index (χ4n) is 4.04. The Bertz CT molecular complexity index is 1150. The molecular weight excluding hydrogens is 436 g/mol. The maximum Gasteiger partial charge on any atom is 0.326 e. The maximum atomic E-state index is 13.1. The van der Waals surface area contributed by atoms with Crippen molar-refractivity contribution in [2.24, 2.45) is 0 Å². The summed E-state index contributed by atoms with van der Waals surface area (Å²) in [4.78, 5) is 25.1. The lowest BCUT2D eigenvalue weighted by Crippen LogP contribution is -2.33. The van der Waals surface area contributed by atoms with Gasteiger partial charge in [-0.3, -0.25) is 9.36 Å². The summed E-state index contributed by atoms with van der Waals surface area (Å²) in [6.45, 7) is 0.605. The molecule has 32 heavy (non-hydrogen) atoms. The van der Waals surface area contributed by atoms with Gasteiger partial charge in [0.2, 0.25) is 0 Å². The number of nitrogens with zero attached hydrogens (tertiary/aromatic N) is 2. The van der Waals surface area contributed by atoms with E-state index in [9.17, 15) is 14.7 Å². The largest absolute Gasteiger partial charge is 0.495 e. The first-order valence-electron chi connectivity index (χ1n) is 10.3. The number of halogens is 1. The number of aliphatic carboxylic acids is 1. The Kier molecular flexibility index (Phi) is 6.62. The van der Waals surface area contributed by atoms with E-state index in [1.165, 1.54) is 30.2 Å². The summed E-state index contributed by atoms with van der Waals surface area (Å²) in [6, 6.07) is 7.20. The number of aromatic nitrogens is 2. The van der Waals surface area contributed by atoms with Crippen molar-refractivity contribution < 1.29 is 23.9 Å². The van der Waals surface area contributed by atoms with Gasteiger partial charge in [-0.05, 0) is 37.0 Å². The van der Waals surface area contributed by atoms with E-state index in [0.717, 1.165) is 19.3 Å². The van der Waals surface area contributed by atoms with Crippen LogP contribution in [0.4, 0.5) is 0 Å². The molecule has 8 nitrogen and oxygen atoms in total. The molecule has 0 spiro atoms. The van der Waals surface area contributed by atoms with Gasteiger partial charge >= 0.3 is 5.97 Å². The van der Waals surface area contributed by atoms with Crippen LogP contribution < -0.4 is 10.3 Å². The quantitative estimate of drug-likeness (QED) is 0.558. The molecule has 1 fully saturated rings. The molecule has 0 bridgehead atoms. The zero-order chi connectivity index (χ0) is 22.7. The maximum absolute atomic E-state index is 13.1. The topological polar surface area (TPSA) is 104 Å². The minimum absolute atomic E-state index is 0.200. The second kappa shape index (κ2) is 9.58. The van der Waals surface area contributed by atoms with Crippen LogP contribution in [-0.4, -0.2) is 40.6 Å². The van der Waals surface area contributed by atoms with Crippen molar-refractivity contribution >= 4 is 17.6 Å². The van der Waals surface area contributed by atoms with Gasteiger partial charge in [0.15, 0.2) is 0 Å². The monoisotopic (exact) mass is 458 g/mol. The van der Waals surface area contributed by atoms with Crippen LogP contribution in [0.1, 0.15) is 31.7 Å². The zero-order valence-corrected chi connectivity index (χ0v) is 18.2. The number of pyridine rings is 1. The molecule has 1 saturated heterocycles. The van der Waals surface area contributed by atoms with E-state index in [2.05, 4.69) is 5.16 Å². The molecule has 3 aromatic rings. The molecule has 1 aliphatic heterocycles. The van der Waals surface area contributed by atoms with Gasteiger partial charge < -0.3 is 19.1 Å². The van der Waals surface area contributed by atoms with Gasteiger partial charge in [0.05, 0.1) is 19.4 Å². The van der Waals surface area contributed by atoms with E-state index in [1.807, 2.05) is 0 Å². The number of hydrogen-bond acceptors (Lipinski definition) is 6. The number of hydrogen-bond donors (Lipinski definition) is 1. The number of carbonyl (C=O) groups is 1. The van der Waals surface area contributed by atoms with Crippen LogP contribution in [0.2, 0.25) is 5.02 Å². The first-order chi connectivity index (χ1) is 15.5. The van der Waals surface area contributed by atoms with Gasteiger partial charge in [-0.1, -0.05) is 22.8 Å². The van der Waals surface area contributed by atoms with Crippen molar-refractivity contribution in [1.29, 1.82) is 0 Å². The summed E-state index contributed by atoms with van der Waals surface area (Å²) in [5.41, 5.74) is 1.90. The predicted molar refractivity (Wildman–Crippen MR) is 118 cm³/mol. The van der Waals surface area contributed by atoms with E-state index in [-0.39, 0.29) is 12.5 Å². The van der Waals surface area contributed by atoms with Crippen molar-refractivity contribution in [3.8, 4) is 28.1 Å². The number of benzene rings is 1. The average Bonchev–Trinajstić information content (AvgIpc) is 3.33. The number of rotatable bonds is 7. The molecule has 1 aliphatic rings. The standard InChI is InChI=1S/C23H23ClN2O6/c1-30-21-13-26(20(23(28)29)11-15-4-2-3-8-31-15)22(27)12-18(21)17-10-14(24)5-6-16(17)19-7-9-32-25-19/h5-7,9-10,12-13,15,20H,2-4,8,11H2,1H3,(H,28,29)/t15-,20?/m0/s1. The molecule has 4 rings (SSSR count). The molecule has 168 valence electrons. The van der Waals surface area contributed by atoms with Crippen LogP contribution in [0.25, 0.3) is 22.4 Å². The number of ether oxygens (including phenoxy) is 2. The molecule has 1 unspecified atom stereocenters. The molecule has 0 radical (unpaired) electrons. The Balaban J connectivity index is 1.79. The Hall–Kier alpha value is -3.10. The Morgan fingerprint density at radius 3 is 2.78 bits per heavy atom. The first-order valence-corrected chi connectivity index (χ1v) is 10.7. The zero-order valence-electron chi connectivity index (χ0n) is 17.5. The van der Waals surface area contributed by atoms with Gasteiger partial charge in [0.1, 0.15) is 23.7 Å². The van der Waals surface area contributed by atoms with Crippen molar-refractivity contribution in [2.45, 2.75) is 37.8 Å². The highest BCUT2D eigenvalue weighted by Crippen LogP contribution is 2.38. The molecule has 0 amide bonds. The highest BCUT2D eigenvalue weighted by atomic mass is 35.5. The van der Waals surface area contributed by atoms with Crippen LogP contribution >= 0.6 is 11.6 Å². The van der Waals surface area contributed by atoms with Gasteiger partial charge in [-0.15, -0.1) is 0 Å². The molecule has 3 heterocycles. The van der Waals surface area contributed by atoms with E-state index in [0.29, 0.717) is 39.8 Å². The van der Waals surface area contributed by atoms with Crippen molar-refractivity contribution in [1.82, 2.24) is 9.72 Å². The molecular formula is C23H23ClN2O6. The lowest BCUT2D eigenvalue weighted by Gasteiger charge is -2.26. The molecule has 9 heteroatoms. The van der Waals surface area contributed by atoms with Gasteiger partial charge in [-0.2, -0.15) is 0 Å². The van der Waals surface area contributed by atoms with E-state index in [1.54, 1.807) is 24.3 Å². The van der Waals surface area contributed by atoms with Crippen LogP contribution in [-0.2, 0) is 9.53 Å². The minimum atomic E-state index is -1.10. The third-order valence-electron chi connectivity index (χ3n) is 5.63. The second-order valence-electron chi connectivity index (χ2n) is 7.65. The minimum Gasteiger partial charge on any atom is -0.495 e. The highest BCUT2D eigenvalue weighted by molar-refractivity contribution is 6.31. The molecule has 2 atom stereocenters. The number of carboxylic acids is 1. The van der Waals surface area contributed by atoms with Crippen LogP contribution in [0.3, 0.4) is 0 Å². The van der Waals surface area contributed by atoms with Crippen LogP contribution in [0.5, 0.6) is 5.75 Å². The highest BCUT2D eigenvalue weighted by Gasteiger charge is 2.28. The second-order valence-corrected chi connectivity index (χ2v) is 8.09. The summed E-state index contributed by atoms with van der Waals surface area (Å²) in [6.07, 6.45) is 5.61. The summed E-state index contributed by atoms with van der Waals surface area (Å²) in [5, 5.41) is 14.3. The van der Waals surface area contributed by atoms with Crippen LogP contribution in [0.15, 0.2) is 52.1 Å². The fourth-order valence-corrected chi connectivity index (χ4v) is 4.21. The first kappa shape index (κ1) is 22.1. The Morgan fingerprint density at radius 2 is 2.12 bits per heavy atom. The van der Waals surface area contributed by atoms with Crippen molar-refractivity contribution in [2.75, 3.05) is 13.7 Å². The van der Waals surface area contributed by atoms with Crippen molar-refractivity contribution in [3.05, 3.63) is 58.2 Å². The smallest absolute Gasteiger partial charge is 0.326 e. The van der Waals surface area contributed by atoms with Crippen molar-refractivity contribution in [3.63, 3.8) is 0 Å². The average molecular weight is 459 g/mol. The third-order valence-corrected chi connectivity index (χ3v) is 5.87. The summed E-state index contributed by atoms with van der Waals surface area (Å²) < 4.78 is 17.4. The normalized spacial score (nSPS) is 17.1. The van der Waals surface area contributed by atoms with E-state index < -0.39 is 17.6 Å². The predicted octanol–water partition coefficient (Wildman–Crippen LogP) is 4.42. The number of carboxylic acid groups (broad SMARTS) is 1. The summed E-state index contributed by atoms with van der Waals surface area (Å²) >= 11 is 6.24. The van der Waals surface area contributed by atoms with Crippen LogP contribution in [0, 0.1) is 0 Å². The van der Waals surface area contributed by atoms with Gasteiger partial charge in [0, 0.05) is 41.3 Å². The molecule has 0 aliphatic carbocycles. The summed E-state index contributed by atoms with van der Waals surface area (Å²) in [5.74, 6) is -0.755. The van der Waals surface area contributed by atoms with E-state index >= 15 is 0 Å². The molecule has 0 saturated carbocycles. The Morgan fingerprint density at radius 1 is 1.28 bits per heavy atom. The molecule has 1 N–H and O–H groups in total. The van der Waals surface area contributed by atoms with E-state index in [4.69, 9.17) is 25.6 Å². The fraction of sp³-hybridized carbons (Fsp3) is 0.348. The lowest BCUT2D eigenvalue weighted by atomic mass is 9.97.